The predicted molar refractivity (Wildman–Crippen MR) is 60.0 cm³/mol. The van der Waals surface area contributed by atoms with Crippen LogP contribution in [0.3, 0.4) is 0 Å². The molecule has 0 saturated carbocycles. The lowest BCUT2D eigenvalue weighted by Gasteiger charge is -2.20. The van der Waals surface area contributed by atoms with Crippen LogP contribution in [0.5, 0.6) is 0 Å². The van der Waals surface area contributed by atoms with Gasteiger partial charge in [0.25, 0.3) is 0 Å². The minimum atomic E-state index is 0.0538. The Balaban J connectivity index is 3.84. The molecule has 1 unspecified atom stereocenters. The molecule has 0 aromatic carbocycles. The fourth-order valence-corrected chi connectivity index (χ4v) is 1.37. The first kappa shape index (κ1) is 13.3. The first-order valence-electron chi connectivity index (χ1n) is 5.35. The third kappa shape index (κ3) is 5.86. The van der Waals surface area contributed by atoms with E-state index in [1.807, 2.05) is 6.92 Å². The van der Waals surface area contributed by atoms with Gasteiger partial charge in [-0.2, -0.15) is 0 Å². The van der Waals surface area contributed by atoms with Crippen LogP contribution in [0.1, 0.15) is 27.2 Å². The van der Waals surface area contributed by atoms with Crippen LogP contribution in [0.25, 0.3) is 0 Å². The average Bonchev–Trinajstić information content (AvgIpc) is 2.20. The lowest BCUT2D eigenvalue weighted by atomic mass is 10.3. The van der Waals surface area contributed by atoms with Crippen LogP contribution in [0.4, 0.5) is 0 Å². The Morgan fingerprint density at radius 3 is 2.43 bits per heavy atom. The largest absolute Gasteiger partial charge is 0.304 e. The smallest absolute Gasteiger partial charge is 0.112 e. The second-order valence-corrected chi connectivity index (χ2v) is 3.13. The van der Waals surface area contributed by atoms with Gasteiger partial charge >= 0.3 is 0 Å². The van der Waals surface area contributed by atoms with Gasteiger partial charge in [0.15, 0.2) is 0 Å². The van der Waals surface area contributed by atoms with Crippen LogP contribution in [-0.2, 0) is 0 Å². The molecule has 0 rings (SSSR count). The fourth-order valence-electron chi connectivity index (χ4n) is 1.37. The SMILES string of the molecule is CCNC(CCN(CC)CC)N=C=N. The summed E-state index contributed by atoms with van der Waals surface area (Å²) >= 11 is 0. The second kappa shape index (κ2) is 8.88. The Kier molecular flexibility index (Phi) is 8.43. The highest BCUT2D eigenvalue weighted by Crippen LogP contribution is 1.97. The van der Waals surface area contributed by atoms with Crippen molar-refractivity contribution in [3.8, 4) is 0 Å². The predicted octanol–water partition coefficient (Wildman–Crippen LogP) is 1.41. The van der Waals surface area contributed by atoms with Crippen molar-refractivity contribution in [2.24, 2.45) is 4.99 Å². The highest BCUT2D eigenvalue weighted by atomic mass is 15.1. The highest BCUT2D eigenvalue weighted by molar-refractivity contribution is 5.36. The molecule has 0 aliphatic carbocycles. The minimum absolute atomic E-state index is 0.0538. The maximum Gasteiger partial charge on any atom is 0.112 e. The Morgan fingerprint density at radius 1 is 1.36 bits per heavy atom. The van der Waals surface area contributed by atoms with Gasteiger partial charge in [-0.15, -0.1) is 0 Å². The fraction of sp³-hybridized carbons (Fsp3) is 0.900. The summed E-state index contributed by atoms with van der Waals surface area (Å²) < 4.78 is 0. The number of hydrogen-bond acceptors (Lipinski definition) is 4. The van der Waals surface area contributed by atoms with E-state index in [9.17, 15) is 0 Å². The van der Waals surface area contributed by atoms with Crippen molar-refractivity contribution in [1.29, 1.82) is 5.41 Å². The van der Waals surface area contributed by atoms with E-state index in [2.05, 4.69) is 35.1 Å². The topological polar surface area (TPSA) is 51.5 Å². The molecule has 0 aliphatic heterocycles. The van der Waals surface area contributed by atoms with Gasteiger partial charge in [0, 0.05) is 6.54 Å². The summed E-state index contributed by atoms with van der Waals surface area (Å²) in [5, 5.41) is 10.0. The van der Waals surface area contributed by atoms with Gasteiger partial charge < -0.3 is 4.90 Å². The maximum atomic E-state index is 6.82. The maximum absolute atomic E-state index is 6.82. The van der Waals surface area contributed by atoms with Crippen molar-refractivity contribution in [2.45, 2.75) is 33.4 Å². The third-order valence-corrected chi connectivity index (χ3v) is 2.27. The molecular formula is C10H22N4. The van der Waals surface area contributed by atoms with Crippen molar-refractivity contribution in [3.05, 3.63) is 0 Å². The van der Waals surface area contributed by atoms with Gasteiger partial charge in [-0.25, -0.2) is 10.4 Å². The summed E-state index contributed by atoms with van der Waals surface area (Å²) in [6, 6.07) is 2.11. The number of hydrogen-bond donors (Lipinski definition) is 2. The van der Waals surface area contributed by atoms with Crippen molar-refractivity contribution < 1.29 is 0 Å². The van der Waals surface area contributed by atoms with Gasteiger partial charge in [0.1, 0.15) is 6.17 Å². The molecule has 0 spiro atoms. The summed E-state index contributed by atoms with van der Waals surface area (Å²) in [6.45, 7) is 10.4. The Labute approximate surface area is 86.9 Å². The van der Waals surface area contributed by atoms with Crippen molar-refractivity contribution in [2.75, 3.05) is 26.2 Å². The van der Waals surface area contributed by atoms with Crippen molar-refractivity contribution in [1.82, 2.24) is 10.2 Å². The van der Waals surface area contributed by atoms with Crippen LogP contribution >= 0.6 is 0 Å². The molecule has 14 heavy (non-hydrogen) atoms. The molecule has 0 aromatic rings. The Bertz CT molecular complexity index is 171. The summed E-state index contributed by atoms with van der Waals surface area (Å²) in [7, 11) is 0. The van der Waals surface area contributed by atoms with Gasteiger partial charge in [0.2, 0.25) is 0 Å². The molecule has 1 atom stereocenters. The molecule has 0 fully saturated rings. The molecule has 4 nitrogen and oxygen atoms in total. The molecule has 82 valence electrons. The average molecular weight is 198 g/mol. The van der Waals surface area contributed by atoms with E-state index in [0.717, 1.165) is 32.6 Å². The molecule has 0 saturated heterocycles. The van der Waals surface area contributed by atoms with E-state index >= 15 is 0 Å². The van der Waals surface area contributed by atoms with Gasteiger partial charge in [0.05, 0.1) is 6.01 Å². The van der Waals surface area contributed by atoms with Crippen LogP contribution in [0, 0.1) is 5.41 Å². The molecule has 0 heterocycles. The van der Waals surface area contributed by atoms with E-state index in [-0.39, 0.29) is 6.17 Å². The molecule has 0 aliphatic rings. The number of nitrogens with zero attached hydrogens (tertiary/aromatic N) is 2. The summed E-state index contributed by atoms with van der Waals surface area (Å²) in [6.07, 6.45) is 1.000. The molecule has 0 bridgehead atoms. The van der Waals surface area contributed by atoms with E-state index in [4.69, 9.17) is 5.41 Å². The molecule has 0 radical (unpaired) electrons. The summed E-state index contributed by atoms with van der Waals surface area (Å²) in [5.74, 6) is 0. The molecule has 0 amide bonds. The zero-order chi connectivity index (χ0) is 10.8. The molecule has 4 heteroatoms. The zero-order valence-corrected chi connectivity index (χ0v) is 9.51. The van der Waals surface area contributed by atoms with E-state index < -0.39 is 0 Å². The standard InChI is InChI=1S/C10H22N4/c1-4-12-10(13-9-11)7-8-14(5-2)6-3/h10-12H,4-8H2,1-3H3. The van der Waals surface area contributed by atoms with Crippen LogP contribution in [0.2, 0.25) is 0 Å². The highest BCUT2D eigenvalue weighted by Gasteiger charge is 2.06. The lowest BCUT2D eigenvalue weighted by Crippen LogP contribution is -2.33. The normalized spacial score (nSPS) is 12.6. The van der Waals surface area contributed by atoms with Gasteiger partial charge in [-0.05, 0) is 26.1 Å². The third-order valence-electron chi connectivity index (χ3n) is 2.27. The first-order valence-corrected chi connectivity index (χ1v) is 5.35. The molecule has 0 aromatic heterocycles. The number of aliphatic imine (C=N–C) groups is 1. The summed E-state index contributed by atoms with van der Waals surface area (Å²) in [4.78, 5) is 6.28. The monoisotopic (exact) mass is 198 g/mol. The first-order chi connectivity index (χ1) is 6.78. The second-order valence-electron chi connectivity index (χ2n) is 3.13. The van der Waals surface area contributed by atoms with Crippen LogP contribution < -0.4 is 5.32 Å². The summed E-state index contributed by atoms with van der Waals surface area (Å²) in [5.41, 5.74) is 0. The number of rotatable bonds is 8. The molecule has 2 N–H and O–H groups in total. The zero-order valence-electron chi connectivity index (χ0n) is 9.51. The van der Waals surface area contributed by atoms with Gasteiger partial charge in [-0.1, -0.05) is 20.8 Å². The van der Waals surface area contributed by atoms with E-state index in [1.165, 1.54) is 0 Å². The van der Waals surface area contributed by atoms with Crippen LogP contribution in [0.15, 0.2) is 4.99 Å². The Morgan fingerprint density at radius 2 is 2.00 bits per heavy atom. The lowest BCUT2D eigenvalue weighted by molar-refractivity contribution is 0.283. The quantitative estimate of drug-likeness (QED) is 0.579. The molecular weight excluding hydrogens is 176 g/mol. The Hall–Kier alpha value is -0.700. The number of nitrogens with one attached hydrogen (secondary N) is 2. The van der Waals surface area contributed by atoms with Crippen molar-refractivity contribution >= 4 is 6.01 Å². The van der Waals surface area contributed by atoms with E-state index in [1.54, 1.807) is 0 Å². The van der Waals surface area contributed by atoms with Gasteiger partial charge in [-0.3, -0.25) is 5.32 Å². The minimum Gasteiger partial charge on any atom is -0.304 e. The van der Waals surface area contributed by atoms with Crippen LogP contribution in [-0.4, -0.2) is 43.3 Å². The van der Waals surface area contributed by atoms with E-state index in [0.29, 0.717) is 0 Å². The van der Waals surface area contributed by atoms with Crippen molar-refractivity contribution in [3.63, 3.8) is 0 Å².